The zero-order chi connectivity index (χ0) is 11.5. The summed E-state index contributed by atoms with van der Waals surface area (Å²) in [5, 5.41) is 9.59. The molecule has 1 amide bonds. The largest absolute Gasteiger partial charge is 0.507 e. The van der Waals surface area contributed by atoms with Gasteiger partial charge in [0.2, 0.25) is 0 Å². The molecule has 1 unspecified atom stereocenters. The van der Waals surface area contributed by atoms with E-state index in [1.165, 1.54) is 6.07 Å². The molecule has 2 rings (SSSR count). The molecule has 1 aromatic carbocycles. The van der Waals surface area contributed by atoms with Crippen molar-refractivity contribution in [3.05, 3.63) is 29.8 Å². The van der Waals surface area contributed by atoms with Crippen molar-refractivity contribution in [2.45, 2.75) is 12.5 Å². The van der Waals surface area contributed by atoms with Crippen molar-refractivity contribution < 1.29 is 14.6 Å². The molecule has 4 heteroatoms. The van der Waals surface area contributed by atoms with Gasteiger partial charge >= 0.3 is 0 Å². The van der Waals surface area contributed by atoms with Crippen LogP contribution in [0.3, 0.4) is 0 Å². The monoisotopic (exact) mass is 221 g/mol. The van der Waals surface area contributed by atoms with Crippen molar-refractivity contribution in [1.29, 1.82) is 0 Å². The maximum Gasteiger partial charge on any atom is 0.257 e. The van der Waals surface area contributed by atoms with E-state index >= 15 is 0 Å². The SMILES string of the molecule is COC1CCN(C(=O)c2ccccc2O)C1. The van der Waals surface area contributed by atoms with Gasteiger partial charge in [0.15, 0.2) is 0 Å². The summed E-state index contributed by atoms with van der Waals surface area (Å²) < 4.78 is 5.20. The fourth-order valence-electron chi connectivity index (χ4n) is 1.93. The molecule has 1 atom stereocenters. The molecule has 16 heavy (non-hydrogen) atoms. The lowest BCUT2D eigenvalue weighted by Gasteiger charge is -2.16. The third-order valence-corrected chi connectivity index (χ3v) is 2.90. The summed E-state index contributed by atoms with van der Waals surface area (Å²) >= 11 is 0. The van der Waals surface area contributed by atoms with Crippen molar-refractivity contribution in [2.24, 2.45) is 0 Å². The number of phenolic OH excluding ortho intramolecular Hbond substituents is 1. The van der Waals surface area contributed by atoms with E-state index in [4.69, 9.17) is 4.74 Å². The summed E-state index contributed by atoms with van der Waals surface area (Å²) in [6.07, 6.45) is 0.977. The van der Waals surface area contributed by atoms with Gasteiger partial charge in [-0.05, 0) is 18.6 Å². The molecule has 0 saturated carbocycles. The van der Waals surface area contributed by atoms with Gasteiger partial charge in [-0.15, -0.1) is 0 Å². The molecule has 1 aliphatic rings. The normalized spacial score (nSPS) is 20.1. The van der Waals surface area contributed by atoms with Gasteiger partial charge in [0, 0.05) is 20.2 Å². The fraction of sp³-hybridized carbons (Fsp3) is 0.417. The number of hydrogen-bond acceptors (Lipinski definition) is 3. The molecule has 1 aliphatic heterocycles. The van der Waals surface area contributed by atoms with E-state index < -0.39 is 0 Å². The second-order valence-corrected chi connectivity index (χ2v) is 3.91. The molecular formula is C12H15NO3. The molecule has 0 aromatic heterocycles. The van der Waals surface area contributed by atoms with Gasteiger partial charge in [-0.3, -0.25) is 4.79 Å². The first-order valence-corrected chi connectivity index (χ1v) is 5.32. The highest BCUT2D eigenvalue weighted by Gasteiger charge is 2.27. The molecule has 86 valence electrons. The van der Waals surface area contributed by atoms with Crippen molar-refractivity contribution in [3.63, 3.8) is 0 Å². The lowest BCUT2D eigenvalue weighted by atomic mass is 10.2. The zero-order valence-corrected chi connectivity index (χ0v) is 9.22. The molecule has 4 nitrogen and oxygen atoms in total. The number of amides is 1. The Morgan fingerprint density at radius 2 is 2.25 bits per heavy atom. The molecule has 1 N–H and O–H groups in total. The molecule has 0 bridgehead atoms. The number of likely N-dealkylation sites (tertiary alicyclic amines) is 1. The maximum atomic E-state index is 12.0. The zero-order valence-electron chi connectivity index (χ0n) is 9.22. The van der Waals surface area contributed by atoms with Gasteiger partial charge in [0.05, 0.1) is 11.7 Å². The van der Waals surface area contributed by atoms with Crippen LogP contribution in [0, 0.1) is 0 Å². The van der Waals surface area contributed by atoms with Crippen LogP contribution in [0.15, 0.2) is 24.3 Å². The van der Waals surface area contributed by atoms with Crippen LogP contribution in [-0.2, 0) is 4.74 Å². The van der Waals surface area contributed by atoms with Crippen LogP contribution in [-0.4, -0.2) is 42.2 Å². The minimum atomic E-state index is -0.127. The van der Waals surface area contributed by atoms with E-state index in [0.717, 1.165) is 6.42 Å². The molecule has 0 aliphatic carbocycles. The summed E-state index contributed by atoms with van der Waals surface area (Å²) in [6.45, 7) is 1.29. The van der Waals surface area contributed by atoms with Crippen LogP contribution >= 0.6 is 0 Å². The Labute approximate surface area is 94.4 Å². The Morgan fingerprint density at radius 3 is 2.88 bits per heavy atom. The molecule has 1 fully saturated rings. The Bertz CT molecular complexity index is 392. The van der Waals surface area contributed by atoms with Crippen LogP contribution in [0.5, 0.6) is 5.75 Å². The van der Waals surface area contributed by atoms with E-state index in [-0.39, 0.29) is 17.8 Å². The quantitative estimate of drug-likeness (QED) is 0.817. The Kier molecular flexibility index (Phi) is 3.10. The lowest BCUT2D eigenvalue weighted by Crippen LogP contribution is -2.29. The number of benzene rings is 1. The van der Waals surface area contributed by atoms with Gasteiger partial charge in [0.1, 0.15) is 5.75 Å². The second kappa shape index (κ2) is 4.53. The average Bonchev–Trinajstić information content (AvgIpc) is 2.77. The number of ether oxygens (including phenoxy) is 1. The topological polar surface area (TPSA) is 49.8 Å². The number of methoxy groups -OCH3 is 1. The fourth-order valence-corrected chi connectivity index (χ4v) is 1.93. The molecule has 1 aromatic rings. The number of phenols is 1. The Balaban J connectivity index is 2.12. The predicted molar refractivity (Wildman–Crippen MR) is 59.4 cm³/mol. The summed E-state index contributed by atoms with van der Waals surface area (Å²) in [6, 6.07) is 6.61. The highest BCUT2D eigenvalue weighted by atomic mass is 16.5. The molecule has 0 radical (unpaired) electrons. The number of carbonyl (C=O) groups excluding carboxylic acids is 1. The minimum Gasteiger partial charge on any atom is -0.507 e. The van der Waals surface area contributed by atoms with E-state index in [1.807, 2.05) is 0 Å². The first-order valence-electron chi connectivity index (χ1n) is 5.32. The summed E-state index contributed by atoms with van der Waals surface area (Å²) in [7, 11) is 1.65. The minimum absolute atomic E-state index is 0.0355. The van der Waals surface area contributed by atoms with Crippen molar-refractivity contribution in [3.8, 4) is 5.75 Å². The average molecular weight is 221 g/mol. The van der Waals surface area contributed by atoms with Crippen LogP contribution in [0.2, 0.25) is 0 Å². The van der Waals surface area contributed by atoms with Crippen LogP contribution in [0.4, 0.5) is 0 Å². The Morgan fingerprint density at radius 1 is 1.50 bits per heavy atom. The van der Waals surface area contributed by atoms with Gasteiger partial charge in [-0.1, -0.05) is 12.1 Å². The second-order valence-electron chi connectivity index (χ2n) is 3.91. The van der Waals surface area contributed by atoms with E-state index in [0.29, 0.717) is 18.7 Å². The van der Waals surface area contributed by atoms with Crippen LogP contribution in [0.25, 0.3) is 0 Å². The van der Waals surface area contributed by atoms with Crippen molar-refractivity contribution in [1.82, 2.24) is 4.90 Å². The van der Waals surface area contributed by atoms with E-state index in [9.17, 15) is 9.90 Å². The summed E-state index contributed by atoms with van der Waals surface area (Å²) in [5.74, 6) is -0.0917. The summed E-state index contributed by atoms with van der Waals surface area (Å²) in [4.78, 5) is 13.8. The molecule has 1 saturated heterocycles. The van der Waals surface area contributed by atoms with Gasteiger partial charge in [-0.2, -0.15) is 0 Å². The molecule has 1 heterocycles. The van der Waals surface area contributed by atoms with Gasteiger partial charge < -0.3 is 14.7 Å². The number of carbonyl (C=O) groups is 1. The third-order valence-electron chi connectivity index (χ3n) is 2.90. The van der Waals surface area contributed by atoms with Crippen LogP contribution in [0.1, 0.15) is 16.8 Å². The van der Waals surface area contributed by atoms with Gasteiger partial charge in [0.25, 0.3) is 5.91 Å². The number of nitrogens with zero attached hydrogens (tertiary/aromatic N) is 1. The first-order chi connectivity index (χ1) is 7.72. The highest BCUT2D eigenvalue weighted by molar-refractivity contribution is 5.96. The standard InChI is InChI=1S/C12H15NO3/c1-16-9-6-7-13(8-9)12(15)10-4-2-3-5-11(10)14/h2-5,9,14H,6-8H2,1H3. The number of para-hydroxylation sites is 1. The number of hydrogen-bond donors (Lipinski definition) is 1. The predicted octanol–water partition coefficient (Wildman–Crippen LogP) is 1.25. The third kappa shape index (κ3) is 2.02. The molecule has 0 spiro atoms. The smallest absolute Gasteiger partial charge is 0.257 e. The first kappa shape index (κ1) is 11.0. The number of aromatic hydroxyl groups is 1. The number of rotatable bonds is 2. The van der Waals surface area contributed by atoms with Gasteiger partial charge in [-0.25, -0.2) is 0 Å². The van der Waals surface area contributed by atoms with Crippen LogP contribution < -0.4 is 0 Å². The molecular weight excluding hydrogens is 206 g/mol. The van der Waals surface area contributed by atoms with Crippen molar-refractivity contribution in [2.75, 3.05) is 20.2 Å². The Hall–Kier alpha value is -1.55. The highest BCUT2D eigenvalue weighted by Crippen LogP contribution is 2.21. The maximum absolute atomic E-state index is 12.0. The van der Waals surface area contributed by atoms with Crippen molar-refractivity contribution >= 4 is 5.91 Å². The summed E-state index contributed by atoms with van der Waals surface area (Å²) in [5.41, 5.74) is 0.360. The lowest BCUT2D eigenvalue weighted by molar-refractivity contribution is 0.0721. The van der Waals surface area contributed by atoms with E-state index in [1.54, 1.807) is 30.2 Å². The van der Waals surface area contributed by atoms with E-state index in [2.05, 4.69) is 0 Å².